The number of nitrogens with one attached hydrogen (secondary N) is 1. The van der Waals surface area contributed by atoms with Gasteiger partial charge in [-0.25, -0.2) is 9.78 Å². The first kappa shape index (κ1) is 17.3. The maximum absolute atomic E-state index is 12.7. The summed E-state index contributed by atoms with van der Waals surface area (Å²) in [6, 6.07) is 16.2. The summed E-state index contributed by atoms with van der Waals surface area (Å²) in [5, 5.41) is 2.77. The molecule has 6 nitrogen and oxygen atoms in total. The third-order valence-electron chi connectivity index (χ3n) is 3.66. The molecule has 3 aromatic rings. The Hall–Kier alpha value is -3.54. The molecule has 1 N–H and O–H groups in total. The van der Waals surface area contributed by atoms with E-state index in [2.05, 4.69) is 15.3 Å². The van der Waals surface area contributed by atoms with Gasteiger partial charge >= 0.3 is 5.97 Å². The van der Waals surface area contributed by atoms with Crippen LogP contribution in [0.5, 0.6) is 0 Å². The second-order valence-corrected chi connectivity index (χ2v) is 5.64. The summed E-state index contributed by atoms with van der Waals surface area (Å²) in [7, 11) is 0. The summed E-state index contributed by atoms with van der Waals surface area (Å²) in [6.07, 6.45) is 3.03. The van der Waals surface area contributed by atoms with Gasteiger partial charge < -0.3 is 10.1 Å². The van der Waals surface area contributed by atoms with E-state index in [1.165, 1.54) is 18.6 Å². The van der Waals surface area contributed by atoms with Gasteiger partial charge in [0, 0.05) is 23.6 Å². The van der Waals surface area contributed by atoms with Crippen molar-refractivity contribution in [1.29, 1.82) is 0 Å². The highest BCUT2D eigenvalue weighted by atomic mass is 16.5. The largest absolute Gasteiger partial charge is 0.443 e. The number of rotatable bonds is 5. The van der Waals surface area contributed by atoms with Gasteiger partial charge in [0.25, 0.3) is 5.91 Å². The Morgan fingerprint density at radius 2 is 1.73 bits per heavy atom. The van der Waals surface area contributed by atoms with E-state index in [0.717, 1.165) is 5.56 Å². The number of benzene rings is 2. The van der Waals surface area contributed by atoms with Gasteiger partial charge in [0.1, 0.15) is 0 Å². The molecule has 130 valence electrons. The van der Waals surface area contributed by atoms with Gasteiger partial charge in [0.2, 0.25) is 6.10 Å². The van der Waals surface area contributed by atoms with E-state index in [4.69, 9.17) is 4.74 Å². The van der Waals surface area contributed by atoms with Crippen LogP contribution in [-0.2, 0) is 9.53 Å². The number of hydrogen-bond donors (Lipinski definition) is 1. The smallest absolute Gasteiger partial charge is 0.359 e. The zero-order valence-corrected chi connectivity index (χ0v) is 14.1. The number of aryl methyl sites for hydroxylation is 1. The van der Waals surface area contributed by atoms with Crippen molar-refractivity contribution >= 4 is 17.6 Å². The van der Waals surface area contributed by atoms with Crippen molar-refractivity contribution in [1.82, 2.24) is 9.97 Å². The zero-order valence-electron chi connectivity index (χ0n) is 14.1. The van der Waals surface area contributed by atoms with E-state index in [9.17, 15) is 9.59 Å². The van der Waals surface area contributed by atoms with Crippen LogP contribution < -0.4 is 5.32 Å². The number of ether oxygens (including phenoxy) is 1. The minimum Gasteiger partial charge on any atom is -0.443 e. The van der Waals surface area contributed by atoms with Crippen LogP contribution in [0.4, 0.5) is 5.69 Å². The number of carbonyl (C=O) groups excluding carboxylic acids is 2. The monoisotopic (exact) mass is 347 g/mol. The molecular weight excluding hydrogens is 330 g/mol. The molecule has 1 amide bonds. The van der Waals surface area contributed by atoms with Gasteiger partial charge in [0.15, 0.2) is 5.69 Å². The normalized spacial score (nSPS) is 11.4. The number of carbonyl (C=O) groups is 2. The Kier molecular flexibility index (Phi) is 5.34. The summed E-state index contributed by atoms with van der Waals surface area (Å²) in [6.45, 7) is 1.96. The number of aromatic nitrogens is 2. The van der Waals surface area contributed by atoms with Gasteiger partial charge in [-0.05, 0) is 19.1 Å². The minimum absolute atomic E-state index is 0.0385. The molecule has 0 radical (unpaired) electrons. The molecule has 1 atom stereocenters. The molecule has 3 rings (SSSR count). The van der Waals surface area contributed by atoms with Crippen LogP contribution in [0.15, 0.2) is 73.2 Å². The SMILES string of the molecule is Cc1ccc(NC(=O)C(OC(=O)c2cnccn2)c2ccccc2)cc1. The van der Waals surface area contributed by atoms with Crippen LogP contribution in [0.3, 0.4) is 0 Å². The average Bonchev–Trinajstić information content (AvgIpc) is 2.69. The Morgan fingerprint density at radius 1 is 1.00 bits per heavy atom. The van der Waals surface area contributed by atoms with E-state index < -0.39 is 18.0 Å². The fourth-order valence-electron chi connectivity index (χ4n) is 2.32. The fraction of sp³-hybridized carbons (Fsp3) is 0.100. The van der Waals surface area contributed by atoms with Crippen molar-refractivity contribution in [2.24, 2.45) is 0 Å². The van der Waals surface area contributed by atoms with Gasteiger partial charge in [-0.1, -0.05) is 48.0 Å². The second-order valence-electron chi connectivity index (χ2n) is 5.64. The molecule has 26 heavy (non-hydrogen) atoms. The van der Waals surface area contributed by atoms with Gasteiger partial charge in [-0.2, -0.15) is 0 Å². The maximum atomic E-state index is 12.7. The maximum Gasteiger partial charge on any atom is 0.359 e. The van der Waals surface area contributed by atoms with Crippen molar-refractivity contribution < 1.29 is 14.3 Å². The first-order valence-electron chi connectivity index (χ1n) is 8.03. The summed E-state index contributed by atoms with van der Waals surface area (Å²) >= 11 is 0. The zero-order chi connectivity index (χ0) is 18.4. The molecule has 1 heterocycles. The van der Waals surface area contributed by atoms with E-state index in [1.54, 1.807) is 36.4 Å². The molecule has 0 saturated heterocycles. The van der Waals surface area contributed by atoms with Crippen LogP contribution in [0.25, 0.3) is 0 Å². The van der Waals surface area contributed by atoms with Crippen LogP contribution in [0, 0.1) is 6.92 Å². The molecule has 1 unspecified atom stereocenters. The summed E-state index contributed by atoms with van der Waals surface area (Å²) in [4.78, 5) is 32.8. The van der Waals surface area contributed by atoms with Crippen LogP contribution >= 0.6 is 0 Å². The van der Waals surface area contributed by atoms with Crippen LogP contribution in [0.1, 0.15) is 27.7 Å². The van der Waals surface area contributed by atoms with E-state index in [1.807, 2.05) is 25.1 Å². The highest BCUT2D eigenvalue weighted by Gasteiger charge is 2.26. The molecule has 0 saturated carbocycles. The minimum atomic E-state index is -1.10. The average molecular weight is 347 g/mol. The highest BCUT2D eigenvalue weighted by Crippen LogP contribution is 2.21. The Balaban J connectivity index is 1.82. The number of amides is 1. The molecule has 6 heteroatoms. The standard InChI is InChI=1S/C20H17N3O3/c1-14-7-9-16(10-8-14)23-19(24)18(15-5-3-2-4-6-15)26-20(25)17-13-21-11-12-22-17/h2-13,18H,1H3,(H,23,24). The highest BCUT2D eigenvalue weighted by molar-refractivity contribution is 5.97. The quantitative estimate of drug-likeness (QED) is 0.716. The molecule has 0 aliphatic carbocycles. The lowest BCUT2D eigenvalue weighted by Crippen LogP contribution is -2.26. The number of nitrogens with zero attached hydrogens (tertiary/aromatic N) is 2. The number of anilines is 1. The van der Waals surface area contributed by atoms with Gasteiger partial charge in [-0.3, -0.25) is 9.78 Å². The molecule has 0 aliphatic rings. The van der Waals surface area contributed by atoms with Crippen molar-refractivity contribution in [3.63, 3.8) is 0 Å². The Labute approximate surface area is 150 Å². The lowest BCUT2D eigenvalue weighted by molar-refractivity contribution is -0.125. The first-order chi connectivity index (χ1) is 12.6. The second kappa shape index (κ2) is 8.02. The van der Waals surface area contributed by atoms with Gasteiger partial charge in [0.05, 0.1) is 6.20 Å². The van der Waals surface area contributed by atoms with E-state index >= 15 is 0 Å². The van der Waals surface area contributed by atoms with Gasteiger partial charge in [-0.15, -0.1) is 0 Å². The third kappa shape index (κ3) is 4.30. The topological polar surface area (TPSA) is 81.2 Å². The van der Waals surface area contributed by atoms with E-state index in [0.29, 0.717) is 11.3 Å². The Bertz CT molecular complexity index is 881. The summed E-state index contributed by atoms with van der Waals surface area (Å²) < 4.78 is 5.43. The Morgan fingerprint density at radius 3 is 2.38 bits per heavy atom. The van der Waals surface area contributed by atoms with Crippen molar-refractivity contribution in [2.75, 3.05) is 5.32 Å². The molecule has 0 aliphatic heterocycles. The molecule has 0 spiro atoms. The van der Waals surface area contributed by atoms with Crippen molar-refractivity contribution in [2.45, 2.75) is 13.0 Å². The van der Waals surface area contributed by atoms with E-state index in [-0.39, 0.29) is 5.69 Å². The summed E-state index contributed by atoms with van der Waals surface area (Å²) in [5.74, 6) is -1.16. The summed E-state index contributed by atoms with van der Waals surface area (Å²) in [5.41, 5.74) is 2.31. The predicted molar refractivity (Wildman–Crippen MR) is 96.4 cm³/mol. The first-order valence-corrected chi connectivity index (χ1v) is 8.03. The number of hydrogen-bond acceptors (Lipinski definition) is 5. The lowest BCUT2D eigenvalue weighted by Gasteiger charge is -2.18. The molecule has 1 aromatic heterocycles. The lowest BCUT2D eigenvalue weighted by atomic mass is 10.1. The molecular formula is C20H17N3O3. The predicted octanol–water partition coefficient (Wildman–Crippen LogP) is 3.32. The number of esters is 1. The third-order valence-corrected chi connectivity index (χ3v) is 3.66. The fourth-order valence-corrected chi connectivity index (χ4v) is 2.32. The van der Waals surface area contributed by atoms with Crippen molar-refractivity contribution in [3.8, 4) is 0 Å². The van der Waals surface area contributed by atoms with Crippen LogP contribution in [0.2, 0.25) is 0 Å². The molecule has 0 fully saturated rings. The van der Waals surface area contributed by atoms with Crippen molar-refractivity contribution in [3.05, 3.63) is 90.0 Å². The molecule has 0 bridgehead atoms. The molecule has 2 aromatic carbocycles. The van der Waals surface area contributed by atoms with Crippen LogP contribution in [-0.4, -0.2) is 21.8 Å².